The van der Waals surface area contributed by atoms with E-state index in [1.807, 2.05) is 13.8 Å². The van der Waals surface area contributed by atoms with Crippen molar-refractivity contribution in [2.45, 2.75) is 44.2 Å². The van der Waals surface area contributed by atoms with Gasteiger partial charge in [0.1, 0.15) is 0 Å². The predicted octanol–water partition coefficient (Wildman–Crippen LogP) is 3.52. The molecule has 1 aromatic carbocycles. The number of anilines is 1. The summed E-state index contributed by atoms with van der Waals surface area (Å²) in [5.74, 6) is 5.22. The Morgan fingerprint density at radius 2 is 2.09 bits per heavy atom. The number of halogens is 4. The van der Waals surface area contributed by atoms with Gasteiger partial charge in [0.2, 0.25) is 5.54 Å². The van der Waals surface area contributed by atoms with Crippen LogP contribution in [0.5, 0.6) is 0 Å². The highest BCUT2D eigenvalue weighted by molar-refractivity contribution is 6.17. The molecule has 2 unspecified atom stereocenters. The van der Waals surface area contributed by atoms with Gasteiger partial charge in [0.15, 0.2) is 6.35 Å². The van der Waals surface area contributed by atoms with Crippen LogP contribution in [0.25, 0.3) is 0 Å². The maximum Gasteiger partial charge on any atom is 0.422 e. The van der Waals surface area contributed by atoms with Crippen LogP contribution in [0.1, 0.15) is 31.4 Å². The van der Waals surface area contributed by atoms with Crippen molar-refractivity contribution in [3.05, 3.63) is 29.3 Å². The Kier molecular flexibility index (Phi) is 5.14. The molecule has 1 aliphatic rings. The third-order valence-corrected chi connectivity index (χ3v) is 3.81. The Balaban J connectivity index is 2.60. The van der Waals surface area contributed by atoms with Gasteiger partial charge in [-0.15, -0.1) is 17.5 Å². The average molecular weight is 347 g/mol. The lowest BCUT2D eigenvalue weighted by atomic mass is 9.85. The predicted molar refractivity (Wildman–Crippen MR) is 83.7 cm³/mol. The number of benzene rings is 1. The minimum absolute atomic E-state index is 0.0691. The van der Waals surface area contributed by atoms with Gasteiger partial charge < -0.3 is 10.4 Å². The van der Waals surface area contributed by atoms with Gasteiger partial charge in [0.25, 0.3) is 0 Å². The van der Waals surface area contributed by atoms with Crippen LogP contribution in [-0.2, 0) is 11.4 Å². The largest absolute Gasteiger partial charge is 0.422 e. The van der Waals surface area contributed by atoms with E-state index in [1.165, 1.54) is 18.2 Å². The zero-order chi connectivity index (χ0) is 17.3. The number of rotatable bonds is 2. The highest BCUT2D eigenvalue weighted by Crippen LogP contribution is 2.44. The number of aliphatic hydroxyl groups excluding tert-OH is 1. The zero-order valence-electron chi connectivity index (χ0n) is 12.8. The van der Waals surface area contributed by atoms with E-state index in [0.29, 0.717) is 12.0 Å². The van der Waals surface area contributed by atoms with E-state index in [1.54, 1.807) is 0 Å². The summed E-state index contributed by atoms with van der Waals surface area (Å²) in [6, 6.07) is 4.37. The topological polar surface area (TPSA) is 44.3 Å². The molecule has 0 saturated heterocycles. The molecule has 0 amide bonds. The summed E-state index contributed by atoms with van der Waals surface area (Å²) in [5, 5.41) is 14.5. The zero-order valence-corrected chi connectivity index (χ0v) is 13.5. The fourth-order valence-corrected chi connectivity index (χ4v) is 2.55. The average Bonchev–Trinajstić information content (AvgIpc) is 2.44. The van der Waals surface area contributed by atoms with E-state index in [0.717, 1.165) is 0 Å². The van der Waals surface area contributed by atoms with Crippen LogP contribution >= 0.6 is 11.6 Å². The van der Waals surface area contributed by atoms with E-state index in [2.05, 4.69) is 22.5 Å². The van der Waals surface area contributed by atoms with Gasteiger partial charge in [-0.2, -0.15) is 13.2 Å². The first-order valence-corrected chi connectivity index (χ1v) is 7.71. The number of hydrogen-bond acceptors (Lipinski definition) is 3. The number of hydrogen-bond donors (Lipinski definition) is 3. The van der Waals surface area contributed by atoms with Crippen molar-refractivity contribution in [2.75, 3.05) is 5.32 Å². The van der Waals surface area contributed by atoms with Crippen molar-refractivity contribution >= 4 is 17.3 Å². The molecule has 1 heterocycles. The molecule has 1 aromatic rings. The van der Waals surface area contributed by atoms with Crippen molar-refractivity contribution < 1.29 is 18.3 Å². The second-order valence-corrected chi connectivity index (χ2v) is 6.12. The SMILES string of the molecule is CC(C)CC#CC1(C(F)(F)F)NC(O)Nc2cc(CCl)ccc21. The van der Waals surface area contributed by atoms with Gasteiger partial charge in [-0.05, 0) is 17.5 Å². The molecule has 0 fully saturated rings. The van der Waals surface area contributed by atoms with E-state index in [-0.39, 0.29) is 23.0 Å². The first kappa shape index (κ1) is 17.9. The van der Waals surface area contributed by atoms with Crippen molar-refractivity contribution in [2.24, 2.45) is 5.92 Å². The van der Waals surface area contributed by atoms with E-state index < -0.39 is 18.1 Å². The second kappa shape index (κ2) is 6.60. The van der Waals surface area contributed by atoms with Crippen molar-refractivity contribution in [1.82, 2.24) is 5.32 Å². The Hall–Kier alpha value is -1.42. The first-order valence-electron chi connectivity index (χ1n) is 7.18. The fraction of sp³-hybridized carbons (Fsp3) is 0.500. The van der Waals surface area contributed by atoms with Gasteiger partial charge in [-0.1, -0.05) is 31.9 Å². The molecule has 3 nitrogen and oxygen atoms in total. The molecule has 0 spiro atoms. The van der Waals surface area contributed by atoms with Gasteiger partial charge in [-0.3, -0.25) is 0 Å². The minimum Gasteiger partial charge on any atom is -0.361 e. The van der Waals surface area contributed by atoms with Crippen LogP contribution in [0.2, 0.25) is 0 Å². The maximum atomic E-state index is 13.8. The first-order chi connectivity index (χ1) is 10.7. The molecule has 3 N–H and O–H groups in total. The number of alkyl halides is 4. The highest BCUT2D eigenvalue weighted by atomic mass is 35.5. The van der Waals surface area contributed by atoms with Crippen LogP contribution in [0.15, 0.2) is 18.2 Å². The lowest BCUT2D eigenvalue weighted by Gasteiger charge is -2.40. The highest BCUT2D eigenvalue weighted by Gasteiger charge is 2.58. The summed E-state index contributed by atoms with van der Waals surface area (Å²) in [4.78, 5) is 0. The summed E-state index contributed by atoms with van der Waals surface area (Å²) >= 11 is 5.73. The Morgan fingerprint density at radius 1 is 1.39 bits per heavy atom. The second-order valence-electron chi connectivity index (χ2n) is 5.85. The molecule has 23 heavy (non-hydrogen) atoms. The quantitative estimate of drug-likeness (QED) is 0.567. The standard InChI is InChI=1S/C16H18ClF3N2O/c1-10(2)4-3-7-15(16(18,19)20)12-6-5-11(9-17)8-13(12)21-14(23)22-15/h5-6,8,10,14,21-23H,4,9H2,1-2H3. The number of aliphatic hydroxyl groups is 1. The molecular formula is C16H18ClF3N2O. The normalized spacial score (nSPS) is 23.7. The molecule has 2 atom stereocenters. The van der Waals surface area contributed by atoms with Crippen molar-refractivity contribution in [3.8, 4) is 11.8 Å². The summed E-state index contributed by atoms with van der Waals surface area (Å²) in [5.41, 5.74) is -1.86. The third-order valence-electron chi connectivity index (χ3n) is 3.50. The van der Waals surface area contributed by atoms with Gasteiger partial charge in [0, 0.05) is 23.6 Å². The molecule has 1 aliphatic heterocycles. The Labute approximate surface area is 138 Å². The van der Waals surface area contributed by atoms with Crippen LogP contribution in [-0.4, -0.2) is 17.6 Å². The fourth-order valence-electron chi connectivity index (χ4n) is 2.38. The molecule has 126 valence electrons. The van der Waals surface area contributed by atoms with Crippen molar-refractivity contribution in [3.63, 3.8) is 0 Å². The Morgan fingerprint density at radius 3 is 2.65 bits per heavy atom. The summed E-state index contributed by atoms with van der Waals surface area (Å²) in [7, 11) is 0. The molecular weight excluding hydrogens is 329 g/mol. The lowest BCUT2D eigenvalue weighted by molar-refractivity contribution is -0.190. The van der Waals surface area contributed by atoms with Gasteiger partial charge in [-0.25, -0.2) is 5.32 Å². The van der Waals surface area contributed by atoms with Gasteiger partial charge >= 0.3 is 6.18 Å². The van der Waals surface area contributed by atoms with Crippen LogP contribution in [0, 0.1) is 17.8 Å². The van der Waals surface area contributed by atoms with Crippen LogP contribution in [0.3, 0.4) is 0 Å². The van der Waals surface area contributed by atoms with Crippen LogP contribution in [0.4, 0.5) is 18.9 Å². The number of fused-ring (bicyclic) bond motifs is 1. The molecule has 2 rings (SSSR count). The van der Waals surface area contributed by atoms with E-state index >= 15 is 0 Å². The summed E-state index contributed by atoms with van der Waals surface area (Å²) in [6.45, 7) is 3.75. The summed E-state index contributed by atoms with van der Waals surface area (Å²) < 4.78 is 41.5. The lowest BCUT2D eigenvalue weighted by Crippen LogP contribution is -2.61. The molecule has 0 radical (unpaired) electrons. The maximum absolute atomic E-state index is 13.8. The molecule has 0 aliphatic carbocycles. The Bertz CT molecular complexity index is 636. The van der Waals surface area contributed by atoms with E-state index in [9.17, 15) is 18.3 Å². The third kappa shape index (κ3) is 3.57. The smallest absolute Gasteiger partial charge is 0.361 e. The molecule has 0 aromatic heterocycles. The van der Waals surface area contributed by atoms with Gasteiger partial charge in [0.05, 0.1) is 0 Å². The molecule has 7 heteroatoms. The number of nitrogens with one attached hydrogen (secondary N) is 2. The summed E-state index contributed by atoms with van der Waals surface area (Å²) in [6.07, 6.45) is -5.93. The van der Waals surface area contributed by atoms with Crippen LogP contribution < -0.4 is 10.6 Å². The van der Waals surface area contributed by atoms with Crippen molar-refractivity contribution in [1.29, 1.82) is 0 Å². The molecule has 0 saturated carbocycles. The van der Waals surface area contributed by atoms with E-state index in [4.69, 9.17) is 11.6 Å². The monoisotopic (exact) mass is 346 g/mol. The molecule has 0 bridgehead atoms. The minimum atomic E-state index is -4.70.